The van der Waals surface area contributed by atoms with Gasteiger partial charge in [-0.05, 0) is 29.8 Å². The lowest BCUT2D eigenvalue weighted by Gasteiger charge is -2.24. The molecule has 2 aromatic carbocycles. The summed E-state index contributed by atoms with van der Waals surface area (Å²) in [4.78, 5) is 23.6. The van der Waals surface area contributed by atoms with E-state index >= 15 is 0 Å². The highest BCUT2D eigenvalue weighted by atomic mass is 19.3. The molecule has 1 aliphatic heterocycles. The highest BCUT2D eigenvalue weighted by Gasteiger charge is 2.34. The summed E-state index contributed by atoms with van der Waals surface area (Å²) in [6.45, 7) is 0. The number of carbonyl (C=O) groups excluding carboxylic acids is 1. The summed E-state index contributed by atoms with van der Waals surface area (Å²) in [7, 11) is 0. The highest BCUT2D eigenvalue weighted by molar-refractivity contribution is 5.99. The maximum absolute atomic E-state index is 13.0. The van der Waals surface area contributed by atoms with Crippen LogP contribution in [0.25, 0.3) is 6.08 Å². The van der Waals surface area contributed by atoms with E-state index < -0.39 is 24.1 Å². The molecule has 0 amide bonds. The van der Waals surface area contributed by atoms with E-state index in [0.29, 0.717) is 11.1 Å². The van der Waals surface area contributed by atoms with Crippen molar-refractivity contribution in [2.45, 2.75) is 19.0 Å². The van der Waals surface area contributed by atoms with E-state index in [9.17, 15) is 18.4 Å². The lowest BCUT2D eigenvalue weighted by atomic mass is 9.97. The van der Waals surface area contributed by atoms with E-state index in [2.05, 4.69) is 0 Å². The number of ketones is 1. The minimum absolute atomic E-state index is 0.131. The predicted molar refractivity (Wildman–Crippen MR) is 87.0 cm³/mol. The van der Waals surface area contributed by atoms with E-state index in [-0.39, 0.29) is 18.0 Å². The van der Waals surface area contributed by atoms with Gasteiger partial charge < -0.3 is 9.84 Å². The molecule has 0 bridgehead atoms. The molecular weight excluding hydrogens is 330 g/mol. The Morgan fingerprint density at radius 2 is 1.84 bits per heavy atom. The average Bonchev–Trinajstić information content (AvgIpc) is 2.60. The van der Waals surface area contributed by atoms with Gasteiger partial charge in [0.2, 0.25) is 0 Å². The molecule has 0 radical (unpaired) electrons. The monoisotopic (exact) mass is 344 g/mol. The summed E-state index contributed by atoms with van der Waals surface area (Å²) in [5.74, 6) is -1.50. The lowest BCUT2D eigenvalue weighted by Crippen LogP contribution is -2.33. The van der Waals surface area contributed by atoms with Crippen molar-refractivity contribution in [2.24, 2.45) is 0 Å². The van der Waals surface area contributed by atoms with Crippen molar-refractivity contribution in [3.63, 3.8) is 0 Å². The molecule has 0 aliphatic carbocycles. The van der Waals surface area contributed by atoms with Crippen molar-refractivity contribution in [3.05, 3.63) is 70.8 Å². The van der Waals surface area contributed by atoms with Crippen molar-refractivity contribution < 1.29 is 28.2 Å². The fourth-order valence-electron chi connectivity index (χ4n) is 2.65. The highest BCUT2D eigenvalue weighted by Crippen LogP contribution is 2.33. The van der Waals surface area contributed by atoms with Crippen LogP contribution in [0.3, 0.4) is 0 Å². The van der Waals surface area contributed by atoms with Crippen molar-refractivity contribution >= 4 is 17.8 Å². The molecule has 1 heterocycles. The first-order valence-corrected chi connectivity index (χ1v) is 7.56. The number of carbonyl (C=O) groups is 2. The summed E-state index contributed by atoms with van der Waals surface area (Å²) in [6, 6.07) is 13.5. The number of carboxylic acids is 1. The summed E-state index contributed by atoms with van der Waals surface area (Å²) in [5, 5.41) is 9.11. The van der Waals surface area contributed by atoms with Crippen LogP contribution in [0.15, 0.2) is 54.1 Å². The average molecular weight is 344 g/mol. The lowest BCUT2D eigenvalue weighted by molar-refractivity contribution is -0.134. The zero-order chi connectivity index (χ0) is 18.0. The molecule has 25 heavy (non-hydrogen) atoms. The SMILES string of the molecule is O=C(O)C1=Cc2cc(C(=O)Cc3ccccc3)ccc2OC1C(F)F. The van der Waals surface area contributed by atoms with Gasteiger partial charge in [0.15, 0.2) is 11.9 Å². The van der Waals surface area contributed by atoms with Gasteiger partial charge in [0.25, 0.3) is 6.43 Å². The topological polar surface area (TPSA) is 63.6 Å². The minimum atomic E-state index is -2.96. The van der Waals surface area contributed by atoms with Crippen molar-refractivity contribution in [1.29, 1.82) is 0 Å². The van der Waals surface area contributed by atoms with Gasteiger partial charge in [0, 0.05) is 17.5 Å². The molecule has 0 saturated carbocycles. The maximum Gasteiger partial charge on any atom is 0.335 e. The number of halogens is 2. The minimum Gasteiger partial charge on any atom is -0.479 e. The number of alkyl halides is 2. The van der Waals surface area contributed by atoms with Gasteiger partial charge in [0.05, 0.1) is 5.57 Å². The van der Waals surface area contributed by atoms with Crippen LogP contribution in [0.5, 0.6) is 5.75 Å². The fraction of sp³-hybridized carbons (Fsp3) is 0.158. The quantitative estimate of drug-likeness (QED) is 0.842. The Labute approximate surface area is 142 Å². The standard InChI is InChI=1S/C19H14F2O4/c20-18(21)17-14(19(23)24)10-13-9-12(6-7-16(13)25-17)15(22)8-11-4-2-1-3-5-11/h1-7,9-10,17-18H,8H2,(H,23,24). The number of hydrogen-bond donors (Lipinski definition) is 1. The maximum atomic E-state index is 13.0. The second kappa shape index (κ2) is 6.84. The van der Waals surface area contributed by atoms with E-state index in [4.69, 9.17) is 9.84 Å². The molecule has 4 nitrogen and oxygen atoms in total. The smallest absolute Gasteiger partial charge is 0.335 e. The summed E-state index contributed by atoms with van der Waals surface area (Å²) in [5.41, 5.74) is 0.979. The first-order chi connectivity index (χ1) is 12.0. The number of hydrogen-bond acceptors (Lipinski definition) is 3. The number of Topliss-reactive ketones (excluding diaryl/α,β-unsaturated/α-hetero) is 1. The van der Waals surface area contributed by atoms with Gasteiger partial charge in [-0.25, -0.2) is 13.6 Å². The second-order valence-corrected chi connectivity index (χ2v) is 5.62. The third kappa shape index (κ3) is 3.57. The number of benzene rings is 2. The third-order valence-corrected chi connectivity index (χ3v) is 3.89. The zero-order valence-corrected chi connectivity index (χ0v) is 13.0. The predicted octanol–water partition coefficient (Wildman–Crippen LogP) is 3.61. The first kappa shape index (κ1) is 16.8. The Hall–Kier alpha value is -3.02. The molecule has 3 rings (SSSR count). The summed E-state index contributed by atoms with van der Waals surface area (Å²) >= 11 is 0. The van der Waals surface area contributed by atoms with Gasteiger partial charge in [0.1, 0.15) is 5.75 Å². The molecule has 0 saturated heterocycles. The van der Waals surface area contributed by atoms with Crippen LogP contribution in [0, 0.1) is 0 Å². The van der Waals surface area contributed by atoms with Crippen LogP contribution in [0.1, 0.15) is 21.5 Å². The third-order valence-electron chi connectivity index (χ3n) is 3.89. The Kier molecular flexibility index (Phi) is 4.61. The molecule has 0 fully saturated rings. The van der Waals surface area contributed by atoms with Crippen LogP contribution in [-0.4, -0.2) is 29.4 Å². The molecule has 1 unspecified atom stereocenters. The number of rotatable bonds is 5. The van der Waals surface area contributed by atoms with Crippen molar-refractivity contribution in [3.8, 4) is 5.75 Å². The van der Waals surface area contributed by atoms with Gasteiger partial charge in [-0.2, -0.15) is 0 Å². The van der Waals surface area contributed by atoms with E-state index in [1.165, 1.54) is 18.2 Å². The van der Waals surface area contributed by atoms with Gasteiger partial charge in [-0.15, -0.1) is 0 Å². The molecule has 1 aliphatic rings. The molecule has 6 heteroatoms. The summed E-state index contributed by atoms with van der Waals surface area (Å²) in [6.07, 6.45) is -3.46. The van der Waals surface area contributed by atoms with Crippen LogP contribution in [0.2, 0.25) is 0 Å². The largest absolute Gasteiger partial charge is 0.479 e. The van der Waals surface area contributed by atoms with Crippen molar-refractivity contribution in [2.75, 3.05) is 0 Å². The Bertz CT molecular complexity index is 844. The molecule has 1 atom stereocenters. The first-order valence-electron chi connectivity index (χ1n) is 7.56. The zero-order valence-electron chi connectivity index (χ0n) is 13.0. The molecular formula is C19H14F2O4. The van der Waals surface area contributed by atoms with Gasteiger partial charge in [-0.3, -0.25) is 4.79 Å². The van der Waals surface area contributed by atoms with Crippen LogP contribution < -0.4 is 4.74 Å². The van der Waals surface area contributed by atoms with E-state index in [0.717, 1.165) is 11.6 Å². The van der Waals surface area contributed by atoms with Gasteiger partial charge >= 0.3 is 5.97 Å². The Morgan fingerprint density at radius 3 is 2.48 bits per heavy atom. The number of ether oxygens (including phenoxy) is 1. The normalized spacial score (nSPS) is 16.0. The molecule has 128 valence electrons. The fourth-order valence-corrected chi connectivity index (χ4v) is 2.65. The number of aliphatic carboxylic acids is 1. The molecule has 0 spiro atoms. The Morgan fingerprint density at radius 1 is 1.12 bits per heavy atom. The summed E-state index contributed by atoms with van der Waals surface area (Å²) < 4.78 is 31.1. The van der Waals surface area contributed by atoms with E-state index in [1.54, 1.807) is 0 Å². The molecule has 2 aromatic rings. The number of fused-ring (bicyclic) bond motifs is 1. The Balaban J connectivity index is 1.90. The van der Waals surface area contributed by atoms with Crippen LogP contribution in [0.4, 0.5) is 8.78 Å². The van der Waals surface area contributed by atoms with Gasteiger partial charge in [-0.1, -0.05) is 30.3 Å². The molecule has 1 N–H and O–H groups in total. The van der Waals surface area contributed by atoms with Crippen LogP contribution >= 0.6 is 0 Å². The second-order valence-electron chi connectivity index (χ2n) is 5.62. The van der Waals surface area contributed by atoms with E-state index in [1.807, 2.05) is 30.3 Å². The van der Waals surface area contributed by atoms with Crippen molar-refractivity contribution in [1.82, 2.24) is 0 Å². The molecule has 0 aromatic heterocycles. The number of carboxylic acid groups (broad SMARTS) is 1. The van der Waals surface area contributed by atoms with Crippen LogP contribution in [-0.2, 0) is 11.2 Å².